The summed E-state index contributed by atoms with van der Waals surface area (Å²) >= 11 is 1.56. The number of carbonyl (C=O) groups is 2. The van der Waals surface area contributed by atoms with Gasteiger partial charge in [0.25, 0.3) is 5.91 Å². The van der Waals surface area contributed by atoms with Gasteiger partial charge in [0, 0.05) is 29.7 Å². The van der Waals surface area contributed by atoms with Crippen LogP contribution in [-0.4, -0.2) is 50.6 Å². The molecule has 0 aliphatic rings. The molecule has 2 aromatic carbocycles. The van der Waals surface area contributed by atoms with Crippen molar-refractivity contribution in [1.82, 2.24) is 4.31 Å². The van der Waals surface area contributed by atoms with Crippen LogP contribution in [0.5, 0.6) is 0 Å². The van der Waals surface area contributed by atoms with Gasteiger partial charge in [-0.05, 0) is 48.2 Å². The van der Waals surface area contributed by atoms with Crippen molar-refractivity contribution < 1.29 is 22.7 Å². The lowest BCUT2D eigenvalue weighted by Crippen LogP contribution is -2.30. The van der Waals surface area contributed by atoms with Gasteiger partial charge in [-0.3, -0.25) is 4.79 Å². The van der Waals surface area contributed by atoms with Crippen molar-refractivity contribution in [3.05, 3.63) is 60.2 Å². The zero-order chi connectivity index (χ0) is 22.9. The summed E-state index contributed by atoms with van der Waals surface area (Å²) in [5, 5.41) is 2.67. The van der Waals surface area contributed by atoms with Gasteiger partial charge in [0.15, 0.2) is 6.61 Å². The Labute approximate surface area is 187 Å². The Kier molecular flexibility index (Phi) is 9.29. The van der Waals surface area contributed by atoms with Gasteiger partial charge in [-0.25, -0.2) is 13.2 Å². The normalized spacial score (nSPS) is 11.6. The van der Waals surface area contributed by atoms with Gasteiger partial charge >= 0.3 is 5.97 Å². The topological polar surface area (TPSA) is 92.8 Å². The zero-order valence-corrected chi connectivity index (χ0v) is 19.3. The highest BCUT2D eigenvalue weighted by Gasteiger charge is 2.20. The van der Waals surface area contributed by atoms with Crippen LogP contribution in [0.1, 0.15) is 19.4 Å². The Hall–Kier alpha value is -2.62. The number of amides is 1. The first-order valence-electron chi connectivity index (χ1n) is 9.69. The van der Waals surface area contributed by atoms with E-state index in [9.17, 15) is 18.0 Å². The van der Waals surface area contributed by atoms with Gasteiger partial charge in [-0.15, -0.1) is 11.8 Å². The Morgan fingerprint density at radius 3 is 2.39 bits per heavy atom. The molecule has 31 heavy (non-hydrogen) atoms. The molecule has 9 heteroatoms. The van der Waals surface area contributed by atoms with Crippen LogP contribution in [0.15, 0.2) is 64.4 Å². The minimum absolute atomic E-state index is 0.193. The minimum atomic E-state index is -3.53. The molecule has 0 heterocycles. The van der Waals surface area contributed by atoms with Crippen LogP contribution >= 0.6 is 11.8 Å². The number of rotatable bonds is 10. The molecular formula is C22H26N2O5S2. The van der Waals surface area contributed by atoms with Crippen LogP contribution in [0.3, 0.4) is 0 Å². The van der Waals surface area contributed by atoms with E-state index in [1.807, 2.05) is 24.5 Å². The predicted octanol–water partition coefficient (Wildman–Crippen LogP) is 3.63. The molecule has 1 N–H and O–H groups in total. The average molecular weight is 463 g/mol. The number of nitrogens with one attached hydrogen (secondary N) is 1. The van der Waals surface area contributed by atoms with Crippen molar-refractivity contribution in [2.24, 2.45) is 0 Å². The largest absolute Gasteiger partial charge is 0.452 e. The highest BCUT2D eigenvalue weighted by molar-refractivity contribution is 7.98. The van der Waals surface area contributed by atoms with Crippen molar-refractivity contribution >= 4 is 45.4 Å². The molecule has 1 amide bonds. The van der Waals surface area contributed by atoms with Crippen LogP contribution < -0.4 is 5.32 Å². The van der Waals surface area contributed by atoms with Crippen molar-refractivity contribution in [2.45, 2.75) is 23.6 Å². The summed E-state index contributed by atoms with van der Waals surface area (Å²) in [6.45, 7) is 3.94. The number of sulfonamides is 1. The van der Waals surface area contributed by atoms with E-state index in [0.717, 1.165) is 4.90 Å². The van der Waals surface area contributed by atoms with E-state index in [1.54, 1.807) is 43.8 Å². The molecule has 0 atom stereocenters. The van der Waals surface area contributed by atoms with E-state index >= 15 is 0 Å². The molecular weight excluding hydrogens is 436 g/mol. The van der Waals surface area contributed by atoms with Gasteiger partial charge in [0.1, 0.15) is 0 Å². The maximum absolute atomic E-state index is 12.5. The molecule has 0 spiro atoms. The van der Waals surface area contributed by atoms with E-state index < -0.39 is 28.5 Å². The second-order valence-corrected chi connectivity index (χ2v) is 9.20. The number of thioether (sulfide) groups is 1. The highest BCUT2D eigenvalue weighted by Crippen LogP contribution is 2.19. The number of esters is 1. The quantitative estimate of drug-likeness (QED) is 0.329. The fourth-order valence-electron chi connectivity index (χ4n) is 2.71. The molecule has 166 valence electrons. The average Bonchev–Trinajstić information content (AvgIpc) is 2.77. The van der Waals surface area contributed by atoms with Gasteiger partial charge in [0.2, 0.25) is 10.0 Å². The summed E-state index contributed by atoms with van der Waals surface area (Å²) in [6.07, 6.45) is 4.62. The summed E-state index contributed by atoms with van der Waals surface area (Å²) in [5.74, 6) is -1.11. The SMILES string of the molecule is CCN(CC)S(=O)(=O)c1ccc(/C=C/C(=O)OCC(=O)Nc2cccc(SC)c2)cc1. The monoisotopic (exact) mass is 462 g/mol. The Morgan fingerprint density at radius 2 is 1.77 bits per heavy atom. The molecule has 0 fully saturated rings. The van der Waals surface area contributed by atoms with E-state index in [2.05, 4.69) is 5.32 Å². The standard InChI is InChI=1S/C22H26N2O5S2/c1-4-24(5-2)31(27,28)20-12-9-17(10-13-20)11-14-22(26)29-16-21(25)23-18-7-6-8-19(15-18)30-3/h6-15H,4-5,16H2,1-3H3,(H,23,25)/b14-11+. The van der Waals surface area contributed by atoms with Crippen LogP contribution in [0.25, 0.3) is 6.08 Å². The summed E-state index contributed by atoms with van der Waals surface area (Å²) < 4.78 is 31.3. The Morgan fingerprint density at radius 1 is 1.10 bits per heavy atom. The van der Waals surface area contributed by atoms with E-state index in [1.165, 1.54) is 28.6 Å². The van der Waals surface area contributed by atoms with Crippen molar-refractivity contribution in [1.29, 1.82) is 0 Å². The third-order valence-electron chi connectivity index (χ3n) is 4.33. The fraction of sp³-hybridized carbons (Fsp3) is 0.273. The lowest BCUT2D eigenvalue weighted by atomic mass is 10.2. The number of benzene rings is 2. The molecule has 0 aliphatic carbocycles. The second kappa shape index (κ2) is 11.7. The zero-order valence-electron chi connectivity index (χ0n) is 17.7. The Bertz CT molecular complexity index is 1030. The van der Waals surface area contributed by atoms with E-state index in [-0.39, 0.29) is 4.90 Å². The first kappa shape index (κ1) is 24.6. The van der Waals surface area contributed by atoms with Crippen molar-refractivity contribution in [3.63, 3.8) is 0 Å². The predicted molar refractivity (Wildman–Crippen MR) is 123 cm³/mol. The number of anilines is 1. The summed E-state index contributed by atoms with van der Waals surface area (Å²) in [7, 11) is -3.53. The summed E-state index contributed by atoms with van der Waals surface area (Å²) in [4.78, 5) is 25.0. The molecule has 0 bridgehead atoms. The third-order valence-corrected chi connectivity index (χ3v) is 7.12. The first-order valence-corrected chi connectivity index (χ1v) is 12.4. The van der Waals surface area contributed by atoms with Crippen LogP contribution in [0.2, 0.25) is 0 Å². The summed E-state index contributed by atoms with van der Waals surface area (Å²) in [5.41, 5.74) is 1.26. The minimum Gasteiger partial charge on any atom is -0.452 e. The number of nitrogens with zero attached hydrogens (tertiary/aromatic N) is 1. The van der Waals surface area contributed by atoms with Gasteiger partial charge in [-0.1, -0.05) is 32.0 Å². The fourth-order valence-corrected chi connectivity index (χ4v) is 4.63. The van der Waals surface area contributed by atoms with Gasteiger partial charge in [0.05, 0.1) is 4.90 Å². The van der Waals surface area contributed by atoms with Crippen LogP contribution in [0.4, 0.5) is 5.69 Å². The first-order chi connectivity index (χ1) is 14.8. The molecule has 0 unspecified atom stereocenters. The molecule has 0 saturated heterocycles. The van der Waals surface area contributed by atoms with Crippen LogP contribution in [-0.2, 0) is 24.3 Å². The third kappa shape index (κ3) is 7.23. The molecule has 7 nitrogen and oxygen atoms in total. The highest BCUT2D eigenvalue weighted by atomic mass is 32.2. The van der Waals surface area contributed by atoms with Crippen molar-refractivity contribution in [3.8, 4) is 0 Å². The molecule has 0 aromatic heterocycles. The van der Waals surface area contributed by atoms with Gasteiger partial charge in [-0.2, -0.15) is 4.31 Å². The summed E-state index contributed by atoms with van der Waals surface area (Å²) in [6, 6.07) is 13.5. The molecule has 0 saturated carbocycles. The van der Waals surface area contributed by atoms with Crippen LogP contribution in [0, 0.1) is 0 Å². The molecule has 0 aliphatic heterocycles. The Balaban J connectivity index is 1.89. The van der Waals surface area contributed by atoms with Gasteiger partial charge < -0.3 is 10.1 Å². The maximum atomic E-state index is 12.5. The van der Waals surface area contributed by atoms with E-state index in [0.29, 0.717) is 24.3 Å². The van der Waals surface area contributed by atoms with E-state index in [4.69, 9.17) is 4.74 Å². The smallest absolute Gasteiger partial charge is 0.331 e. The lowest BCUT2D eigenvalue weighted by Gasteiger charge is -2.18. The lowest BCUT2D eigenvalue weighted by molar-refractivity contribution is -0.142. The second-order valence-electron chi connectivity index (χ2n) is 6.38. The number of ether oxygens (including phenoxy) is 1. The number of hydrogen-bond donors (Lipinski definition) is 1. The maximum Gasteiger partial charge on any atom is 0.331 e. The molecule has 0 radical (unpaired) electrons. The number of hydrogen-bond acceptors (Lipinski definition) is 6. The van der Waals surface area contributed by atoms with Crippen molar-refractivity contribution in [2.75, 3.05) is 31.3 Å². The number of carbonyl (C=O) groups excluding carboxylic acids is 2. The molecule has 2 rings (SSSR count). The molecule has 2 aromatic rings.